The van der Waals surface area contributed by atoms with E-state index in [1.807, 2.05) is 25.1 Å². The summed E-state index contributed by atoms with van der Waals surface area (Å²) in [6, 6.07) is 11.7. The van der Waals surface area contributed by atoms with Gasteiger partial charge in [-0.15, -0.1) is 0 Å². The molecule has 4 rings (SSSR count). The summed E-state index contributed by atoms with van der Waals surface area (Å²) in [5.74, 6) is 0.427. The quantitative estimate of drug-likeness (QED) is 0.854. The second-order valence-electron chi connectivity index (χ2n) is 7.42. The normalized spacial score (nSPS) is 18.9. The summed E-state index contributed by atoms with van der Waals surface area (Å²) in [4.78, 5) is 26.7. The number of nitrogens with one attached hydrogen (secondary N) is 1. The van der Waals surface area contributed by atoms with Crippen LogP contribution in [0.4, 0.5) is 10.1 Å². The molecule has 1 N–H and O–H groups in total. The van der Waals surface area contributed by atoms with Crippen molar-refractivity contribution in [1.82, 2.24) is 4.90 Å². The van der Waals surface area contributed by atoms with Gasteiger partial charge in [-0.25, -0.2) is 4.39 Å². The average Bonchev–Trinajstić information content (AvgIpc) is 3.53. The molecule has 0 spiro atoms. The van der Waals surface area contributed by atoms with Crippen molar-refractivity contribution in [3.8, 4) is 5.75 Å². The molecular formula is C22H23FN2O3. The third-order valence-electron chi connectivity index (χ3n) is 5.15. The lowest BCUT2D eigenvalue weighted by molar-refractivity contribution is -0.139. The Morgan fingerprint density at radius 3 is 2.64 bits per heavy atom. The molecule has 0 bridgehead atoms. The minimum Gasteiger partial charge on any atom is -0.480 e. The highest BCUT2D eigenvalue weighted by Crippen LogP contribution is 2.33. The second kappa shape index (κ2) is 7.62. The minimum atomic E-state index is -0.561. The van der Waals surface area contributed by atoms with Crippen LogP contribution in [0.5, 0.6) is 5.75 Å². The molecule has 1 aliphatic heterocycles. The number of ether oxygens (including phenoxy) is 1. The van der Waals surface area contributed by atoms with Crippen LogP contribution in [-0.2, 0) is 22.7 Å². The summed E-state index contributed by atoms with van der Waals surface area (Å²) in [5, 5.41) is 2.94. The molecule has 0 saturated heterocycles. The Kier molecular flexibility index (Phi) is 5.03. The summed E-state index contributed by atoms with van der Waals surface area (Å²) in [7, 11) is 0. The summed E-state index contributed by atoms with van der Waals surface area (Å²) < 4.78 is 19.2. The van der Waals surface area contributed by atoms with E-state index in [4.69, 9.17) is 4.74 Å². The Morgan fingerprint density at radius 2 is 1.96 bits per heavy atom. The molecule has 1 atom stereocenters. The number of carbonyl (C=O) groups is 2. The first-order valence-electron chi connectivity index (χ1n) is 9.67. The van der Waals surface area contributed by atoms with Crippen LogP contribution in [0.25, 0.3) is 0 Å². The highest BCUT2D eigenvalue weighted by Gasteiger charge is 2.31. The van der Waals surface area contributed by atoms with E-state index >= 15 is 0 Å². The minimum absolute atomic E-state index is 0.0418. The van der Waals surface area contributed by atoms with E-state index in [0.29, 0.717) is 30.9 Å². The number of benzene rings is 2. The maximum Gasteiger partial charge on any atom is 0.264 e. The Labute approximate surface area is 163 Å². The van der Waals surface area contributed by atoms with Gasteiger partial charge in [0.05, 0.1) is 0 Å². The van der Waals surface area contributed by atoms with Crippen LogP contribution in [-0.4, -0.2) is 22.8 Å². The van der Waals surface area contributed by atoms with Crippen molar-refractivity contribution in [3.63, 3.8) is 0 Å². The molecule has 1 saturated carbocycles. The van der Waals surface area contributed by atoms with E-state index in [2.05, 4.69) is 5.32 Å². The van der Waals surface area contributed by atoms with Crippen molar-refractivity contribution < 1.29 is 18.7 Å². The van der Waals surface area contributed by atoms with Crippen LogP contribution in [0.15, 0.2) is 42.5 Å². The SMILES string of the molecule is CC[C@@H]1Oc2ccc(NC(=O)C3CC3)cc2CN(Cc2ccc(F)cc2)C1=O. The number of hydrogen-bond donors (Lipinski definition) is 1. The fourth-order valence-corrected chi connectivity index (χ4v) is 3.38. The van der Waals surface area contributed by atoms with Gasteiger partial charge in [-0.2, -0.15) is 0 Å². The number of anilines is 1. The fourth-order valence-electron chi connectivity index (χ4n) is 3.38. The largest absolute Gasteiger partial charge is 0.480 e. The van der Waals surface area contributed by atoms with E-state index in [1.54, 1.807) is 17.0 Å². The number of nitrogens with zero attached hydrogens (tertiary/aromatic N) is 1. The van der Waals surface area contributed by atoms with E-state index in [0.717, 1.165) is 24.0 Å². The van der Waals surface area contributed by atoms with E-state index in [1.165, 1.54) is 12.1 Å². The van der Waals surface area contributed by atoms with Gasteiger partial charge in [0.25, 0.3) is 5.91 Å². The predicted octanol–water partition coefficient (Wildman–Crippen LogP) is 3.87. The van der Waals surface area contributed by atoms with Gasteiger partial charge in [-0.3, -0.25) is 9.59 Å². The molecule has 1 fully saturated rings. The Morgan fingerprint density at radius 1 is 1.21 bits per heavy atom. The zero-order valence-electron chi connectivity index (χ0n) is 15.8. The Balaban J connectivity index is 1.58. The Hall–Kier alpha value is -2.89. The fraction of sp³-hybridized carbons (Fsp3) is 0.364. The van der Waals surface area contributed by atoms with E-state index < -0.39 is 6.10 Å². The van der Waals surface area contributed by atoms with Gasteiger partial charge in [0, 0.05) is 30.3 Å². The first-order chi connectivity index (χ1) is 13.5. The van der Waals surface area contributed by atoms with E-state index in [-0.39, 0.29) is 23.5 Å². The van der Waals surface area contributed by atoms with Gasteiger partial charge in [0.2, 0.25) is 5.91 Å². The van der Waals surface area contributed by atoms with Gasteiger partial charge in [0.15, 0.2) is 6.10 Å². The van der Waals surface area contributed by atoms with Crippen LogP contribution < -0.4 is 10.1 Å². The number of halogens is 1. The third kappa shape index (κ3) is 4.01. The monoisotopic (exact) mass is 382 g/mol. The zero-order valence-corrected chi connectivity index (χ0v) is 15.8. The molecule has 2 aliphatic rings. The van der Waals surface area contributed by atoms with Crippen LogP contribution in [0.1, 0.15) is 37.3 Å². The molecule has 146 valence electrons. The predicted molar refractivity (Wildman–Crippen MR) is 103 cm³/mol. The number of hydrogen-bond acceptors (Lipinski definition) is 3. The standard InChI is InChI=1S/C22H23FN2O3/c1-2-19-22(27)25(12-14-3-7-17(23)8-4-14)13-16-11-18(9-10-20(16)28-19)24-21(26)15-5-6-15/h3-4,7-11,15,19H,2,5-6,12-13H2,1H3,(H,24,26)/t19-/m0/s1. The molecule has 0 radical (unpaired) electrons. The van der Waals surface area contributed by atoms with E-state index in [9.17, 15) is 14.0 Å². The maximum atomic E-state index is 13.2. The topological polar surface area (TPSA) is 58.6 Å². The molecule has 0 aromatic heterocycles. The molecule has 2 aromatic rings. The molecule has 1 heterocycles. The highest BCUT2D eigenvalue weighted by atomic mass is 19.1. The first kappa shape index (κ1) is 18.5. The lowest BCUT2D eigenvalue weighted by Gasteiger charge is -2.23. The summed E-state index contributed by atoms with van der Waals surface area (Å²) in [6.45, 7) is 2.65. The van der Waals surface area contributed by atoms with Crippen molar-refractivity contribution in [2.75, 3.05) is 5.32 Å². The van der Waals surface area contributed by atoms with Crippen LogP contribution in [0.2, 0.25) is 0 Å². The first-order valence-corrected chi connectivity index (χ1v) is 9.67. The molecule has 5 nitrogen and oxygen atoms in total. The maximum absolute atomic E-state index is 13.2. The van der Waals surface area contributed by atoms with Crippen LogP contribution in [0, 0.1) is 11.7 Å². The van der Waals surface area contributed by atoms with Crippen molar-refractivity contribution in [3.05, 3.63) is 59.4 Å². The molecule has 28 heavy (non-hydrogen) atoms. The van der Waals surface area contributed by atoms with Gasteiger partial charge >= 0.3 is 0 Å². The smallest absolute Gasteiger partial charge is 0.264 e. The van der Waals surface area contributed by atoms with Gasteiger partial charge in [0.1, 0.15) is 11.6 Å². The number of carbonyl (C=O) groups excluding carboxylic acids is 2. The molecule has 2 aromatic carbocycles. The summed E-state index contributed by atoms with van der Waals surface area (Å²) >= 11 is 0. The Bertz CT molecular complexity index is 893. The molecule has 6 heteroatoms. The summed E-state index contributed by atoms with van der Waals surface area (Å²) in [6.07, 6.45) is 1.88. The van der Waals surface area contributed by atoms with Crippen LogP contribution >= 0.6 is 0 Å². The van der Waals surface area contributed by atoms with Crippen molar-refractivity contribution in [2.45, 2.75) is 45.4 Å². The molecule has 1 aliphatic carbocycles. The second-order valence-corrected chi connectivity index (χ2v) is 7.42. The van der Waals surface area contributed by atoms with Crippen molar-refractivity contribution in [1.29, 1.82) is 0 Å². The lowest BCUT2D eigenvalue weighted by Crippen LogP contribution is -2.38. The van der Waals surface area contributed by atoms with Gasteiger partial charge < -0.3 is 15.0 Å². The van der Waals surface area contributed by atoms with Crippen molar-refractivity contribution >= 4 is 17.5 Å². The zero-order chi connectivity index (χ0) is 19.7. The van der Waals surface area contributed by atoms with Crippen molar-refractivity contribution in [2.24, 2.45) is 5.92 Å². The van der Waals surface area contributed by atoms with Crippen LogP contribution in [0.3, 0.4) is 0 Å². The average molecular weight is 382 g/mol. The summed E-state index contributed by atoms with van der Waals surface area (Å²) in [5.41, 5.74) is 2.41. The highest BCUT2D eigenvalue weighted by molar-refractivity contribution is 5.94. The molecule has 0 unspecified atom stereocenters. The number of rotatable bonds is 5. The van der Waals surface area contributed by atoms with Gasteiger partial charge in [-0.05, 0) is 55.2 Å². The number of fused-ring (bicyclic) bond motifs is 1. The number of amides is 2. The lowest BCUT2D eigenvalue weighted by atomic mass is 10.1. The molecular weight excluding hydrogens is 359 g/mol. The molecule has 2 amide bonds. The third-order valence-corrected chi connectivity index (χ3v) is 5.15. The van der Waals surface area contributed by atoms with Gasteiger partial charge in [-0.1, -0.05) is 19.1 Å².